The number of furan rings is 1. The van der Waals surface area contributed by atoms with Crippen molar-refractivity contribution in [3.05, 3.63) is 54.6 Å². The zero-order valence-electron chi connectivity index (χ0n) is 15.7. The predicted octanol–water partition coefficient (Wildman–Crippen LogP) is 6.19. The Bertz CT molecular complexity index is 1300. The smallest absolute Gasteiger partial charge is 0.178 e. The molecule has 5 aromatic rings. The van der Waals surface area contributed by atoms with Crippen molar-refractivity contribution < 1.29 is 18.4 Å². The molecule has 0 aliphatic heterocycles. The Hall–Kier alpha value is -3.47. The maximum atomic E-state index is 6.17. The Kier molecular flexibility index (Phi) is 3.93. The molecule has 0 radical (unpaired) electrons. The van der Waals surface area contributed by atoms with Gasteiger partial charge in [0, 0.05) is 16.3 Å². The van der Waals surface area contributed by atoms with Crippen LogP contribution in [0.2, 0.25) is 0 Å². The second kappa shape index (κ2) is 6.60. The molecule has 3 aromatic carbocycles. The van der Waals surface area contributed by atoms with Gasteiger partial charge in [-0.15, -0.1) is 0 Å². The first-order valence-electron chi connectivity index (χ1n) is 9.39. The molecule has 0 fully saturated rings. The van der Waals surface area contributed by atoms with Crippen LogP contribution in [-0.4, -0.2) is 18.4 Å². The van der Waals surface area contributed by atoms with Gasteiger partial charge in [-0.05, 0) is 50.2 Å². The Morgan fingerprint density at radius 2 is 1.68 bits per heavy atom. The van der Waals surface area contributed by atoms with E-state index in [1.807, 2.05) is 62.4 Å². The molecule has 0 amide bonds. The summed E-state index contributed by atoms with van der Waals surface area (Å²) in [7, 11) is 0. The number of hydrogen-bond donors (Lipinski definition) is 0. The van der Waals surface area contributed by atoms with Crippen molar-refractivity contribution in [1.82, 2.24) is 5.16 Å². The SMILES string of the molecule is CCOc1ccc(-c2onc3ccc4c5ccccc5oc4c23)cc1OCC. The Morgan fingerprint density at radius 3 is 2.54 bits per heavy atom. The van der Waals surface area contributed by atoms with Gasteiger partial charge in [-0.25, -0.2) is 0 Å². The molecule has 0 saturated carbocycles. The van der Waals surface area contributed by atoms with Crippen LogP contribution in [0.25, 0.3) is 44.2 Å². The molecule has 0 atom stereocenters. The number of para-hydroxylation sites is 1. The second-order valence-electron chi connectivity index (χ2n) is 6.47. The van der Waals surface area contributed by atoms with E-state index in [4.69, 9.17) is 18.4 Å². The molecule has 0 aliphatic rings. The molecule has 2 aromatic heterocycles. The molecular formula is C23H19NO4. The largest absolute Gasteiger partial charge is 0.490 e. The van der Waals surface area contributed by atoms with Crippen molar-refractivity contribution >= 4 is 32.8 Å². The summed E-state index contributed by atoms with van der Waals surface area (Å²) in [6.07, 6.45) is 0. The number of hydrogen-bond acceptors (Lipinski definition) is 5. The lowest BCUT2D eigenvalue weighted by Gasteiger charge is -2.11. The molecule has 2 heterocycles. The summed E-state index contributed by atoms with van der Waals surface area (Å²) in [5.74, 6) is 2.05. The van der Waals surface area contributed by atoms with Gasteiger partial charge >= 0.3 is 0 Å². The second-order valence-corrected chi connectivity index (χ2v) is 6.47. The third kappa shape index (κ3) is 2.51. The highest BCUT2D eigenvalue weighted by Gasteiger charge is 2.19. The zero-order chi connectivity index (χ0) is 19.1. The monoisotopic (exact) mass is 373 g/mol. The molecule has 5 heteroatoms. The molecule has 0 spiro atoms. The summed E-state index contributed by atoms with van der Waals surface area (Å²) in [5.41, 5.74) is 3.25. The summed E-state index contributed by atoms with van der Waals surface area (Å²) in [5, 5.41) is 7.23. The highest BCUT2D eigenvalue weighted by Crippen LogP contribution is 2.40. The summed E-state index contributed by atoms with van der Waals surface area (Å²) in [4.78, 5) is 0. The summed E-state index contributed by atoms with van der Waals surface area (Å²) < 4.78 is 23.3. The fourth-order valence-electron chi connectivity index (χ4n) is 3.60. The van der Waals surface area contributed by atoms with Crippen molar-refractivity contribution in [3.8, 4) is 22.8 Å². The van der Waals surface area contributed by atoms with Gasteiger partial charge in [0.15, 0.2) is 17.3 Å². The third-order valence-electron chi connectivity index (χ3n) is 4.79. The van der Waals surface area contributed by atoms with Crippen LogP contribution in [0.1, 0.15) is 13.8 Å². The predicted molar refractivity (Wildman–Crippen MR) is 109 cm³/mol. The van der Waals surface area contributed by atoms with E-state index in [0.717, 1.165) is 38.4 Å². The average Bonchev–Trinajstić information content (AvgIpc) is 3.31. The van der Waals surface area contributed by atoms with E-state index in [1.165, 1.54) is 0 Å². The lowest BCUT2D eigenvalue weighted by atomic mass is 10.0. The molecule has 5 rings (SSSR count). The first kappa shape index (κ1) is 16.7. The van der Waals surface area contributed by atoms with Crippen LogP contribution >= 0.6 is 0 Å². The summed E-state index contributed by atoms with van der Waals surface area (Å²) in [6.45, 7) is 5.02. The molecule has 0 unspecified atom stereocenters. The van der Waals surface area contributed by atoms with E-state index >= 15 is 0 Å². The van der Waals surface area contributed by atoms with Gasteiger partial charge in [0.05, 0.1) is 18.6 Å². The lowest BCUT2D eigenvalue weighted by Crippen LogP contribution is -1.98. The summed E-state index contributed by atoms with van der Waals surface area (Å²) >= 11 is 0. The van der Waals surface area contributed by atoms with Crippen molar-refractivity contribution in [2.24, 2.45) is 0 Å². The number of nitrogens with zero attached hydrogens (tertiary/aromatic N) is 1. The summed E-state index contributed by atoms with van der Waals surface area (Å²) in [6, 6.07) is 17.8. The Morgan fingerprint density at radius 1 is 0.857 bits per heavy atom. The van der Waals surface area contributed by atoms with Crippen LogP contribution in [0.15, 0.2) is 63.5 Å². The van der Waals surface area contributed by atoms with Crippen molar-refractivity contribution in [1.29, 1.82) is 0 Å². The van der Waals surface area contributed by atoms with Crippen LogP contribution in [0.3, 0.4) is 0 Å². The number of benzene rings is 3. The maximum Gasteiger partial charge on any atom is 0.178 e. The number of aromatic nitrogens is 1. The lowest BCUT2D eigenvalue weighted by molar-refractivity contribution is 0.288. The van der Waals surface area contributed by atoms with Crippen LogP contribution < -0.4 is 9.47 Å². The minimum absolute atomic E-state index is 0.550. The number of rotatable bonds is 5. The highest BCUT2D eigenvalue weighted by molar-refractivity contribution is 6.17. The van der Waals surface area contributed by atoms with Gasteiger partial charge in [0.2, 0.25) is 0 Å². The van der Waals surface area contributed by atoms with E-state index in [1.54, 1.807) is 0 Å². The van der Waals surface area contributed by atoms with E-state index < -0.39 is 0 Å². The quantitative estimate of drug-likeness (QED) is 0.367. The third-order valence-corrected chi connectivity index (χ3v) is 4.79. The van der Waals surface area contributed by atoms with Gasteiger partial charge in [-0.2, -0.15) is 0 Å². The first-order chi connectivity index (χ1) is 13.8. The molecule has 0 bridgehead atoms. The fraction of sp³-hybridized carbons (Fsp3) is 0.174. The maximum absolute atomic E-state index is 6.17. The number of ether oxygens (including phenoxy) is 2. The highest BCUT2D eigenvalue weighted by atomic mass is 16.5. The molecular weight excluding hydrogens is 354 g/mol. The van der Waals surface area contributed by atoms with Crippen molar-refractivity contribution in [3.63, 3.8) is 0 Å². The van der Waals surface area contributed by atoms with Gasteiger partial charge in [0.25, 0.3) is 0 Å². The van der Waals surface area contributed by atoms with Gasteiger partial charge < -0.3 is 18.4 Å². The van der Waals surface area contributed by atoms with Crippen LogP contribution in [-0.2, 0) is 0 Å². The average molecular weight is 373 g/mol. The van der Waals surface area contributed by atoms with E-state index in [2.05, 4.69) is 11.2 Å². The number of fused-ring (bicyclic) bond motifs is 5. The Balaban J connectivity index is 1.76. The van der Waals surface area contributed by atoms with E-state index in [9.17, 15) is 0 Å². The minimum atomic E-state index is 0.550. The van der Waals surface area contributed by atoms with Gasteiger partial charge in [0.1, 0.15) is 16.7 Å². The normalized spacial score (nSPS) is 11.5. The first-order valence-corrected chi connectivity index (χ1v) is 9.39. The van der Waals surface area contributed by atoms with Crippen molar-refractivity contribution in [2.75, 3.05) is 13.2 Å². The van der Waals surface area contributed by atoms with Gasteiger partial charge in [-0.1, -0.05) is 23.4 Å². The van der Waals surface area contributed by atoms with Crippen molar-refractivity contribution in [2.45, 2.75) is 13.8 Å². The van der Waals surface area contributed by atoms with Crippen LogP contribution in [0, 0.1) is 0 Å². The zero-order valence-corrected chi connectivity index (χ0v) is 15.7. The molecule has 28 heavy (non-hydrogen) atoms. The van der Waals surface area contributed by atoms with E-state index in [-0.39, 0.29) is 0 Å². The standard InChI is InChI=1S/C23H19NO4/c1-3-25-19-12-9-14(13-20(19)26-4-2)22-21-17(24-28-22)11-10-16-15-7-5-6-8-18(15)27-23(16)21/h5-13H,3-4H2,1-2H3. The topological polar surface area (TPSA) is 57.6 Å². The minimum Gasteiger partial charge on any atom is -0.490 e. The molecule has 140 valence electrons. The molecule has 0 aliphatic carbocycles. The Labute approximate surface area is 161 Å². The van der Waals surface area contributed by atoms with Gasteiger partial charge in [-0.3, -0.25) is 0 Å². The van der Waals surface area contributed by atoms with Crippen LogP contribution in [0.4, 0.5) is 0 Å². The molecule has 5 nitrogen and oxygen atoms in total. The molecule has 0 N–H and O–H groups in total. The molecule has 0 saturated heterocycles. The van der Waals surface area contributed by atoms with E-state index in [0.29, 0.717) is 30.5 Å². The van der Waals surface area contributed by atoms with Crippen LogP contribution in [0.5, 0.6) is 11.5 Å². The fourth-order valence-corrected chi connectivity index (χ4v) is 3.60.